The lowest BCUT2D eigenvalue weighted by Gasteiger charge is -2.30. The van der Waals surface area contributed by atoms with Gasteiger partial charge in [0.05, 0.1) is 11.3 Å². The van der Waals surface area contributed by atoms with Crippen LogP contribution in [0, 0.1) is 6.92 Å². The number of piperidine rings is 1. The number of carbonyl (C=O) groups excluding carboxylic acids is 2. The molecular weight excluding hydrogens is 474 g/mol. The van der Waals surface area contributed by atoms with E-state index in [1.807, 2.05) is 55.5 Å². The van der Waals surface area contributed by atoms with Gasteiger partial charge < -0.3 is 10.0 Å². The monoisotopic (exact) mass is 509 g/mol. The van der Waals surface area contributed by atoms with Crippen molar-refractivity contribution in [3.63, 3.8) is 0 Å². The zero-order valence-electron chi connectivity index (χ0n) is 22.6. The molecule has 0 spiro atoms. The summed E-state index contributed by atoms with van der Waals surface area (Å²) in [5, 5.41) is 11.6. The molecule has 3 heterocycles. The van der Waals surface area contributed by atoms with Crippen LogP contribution in [0.4, 0.5) is 11.4 Å². The zero-order chi connectivity index (χ0) is 27.0. The van der Waals surface area contributed by atoms with Gasteiger partial charge in [-0.3, -0.25) is 19.5 Å². The molecule has 2 fully saturated rings. The third-order valence-corrected chi connectivity index (χ3v) is 7.62. The molecule has 5 rings (SSSR count). The number of aryl methyl sites for hydroxylation is 1. The second-order valence-electron chi connectivity index (χ2n) is 11.3. The molecule has 6 heteroatoms. The number of anilines is 2. The number of benzene rings is 2. The van der Waals surface area contributed by atoms with Gasteiger partial charge in [0.15, 0.2) is 0 Å². The number of pyridine rings is 1. The van der Waals surface area contributed by atoms with E-state index in [2.05, 4.69) is 30.7 Å². The van der Waals surface area contributed by atoms with Crippen molar-refractivity contribution in [1.29, 1.82) is 0 Å². The van der Waals surface area contributed by atoms with Gasteiger partial charge in [0.1, 0.15) is 11.8 Å². The number of Topliss-reactive ketones (excluding diaryl/α,β-unsaturated/α-hetero) is 1. The molecule has 38 heavy (non-hydrogen) atoms. The summed E-state index contributed by atoms with van der Waals surface area (Å²) in [7, 11) is 0. The SMILES string of the molecule is Cc1ccc(C(C)(C)C)cc1/C(O)=C1\C(=O)C(=O)N(c2ccc(N3CCCCC3)cc2)C1c1ccccn1. The Bertz CT molecular complexity index is 1380. The number of carbonyl (C=O) groups is 2. The minimum absolute atomic E-state index is 0.0583. The van der Waals surface area contributed by atoms with Crippen molar-refractivity contribution in [2.45, 2.75) is 58.4 Å². The molecule has 0 saturated carbocycles. The van der Waals surface area contributed by atoms with E-state index in [1.54, 1.807) is 18.3 Å². The molecule has 1 aromatic heterocycles. The van der Waals surface area contributed by atoms with E-state index in [0.717, 1.165) is 29.9 Å². The lowest BCUT2D eigenvalue weighted by atomic mass is 9.84. The third kappa shape index (κ3) is 4.71. The largest absolute Gasteiger partial charge is 0.507 e. The van der Waals surface area contributed by atoms with E-state index in [0.29, 0.717) is 16.9 Å². The lowest BCUT2D eigenvalue weighted by molar-refractivity contribution is -0.132. The van der Waals surface area contributed by atoms with Crippen LogP contribution in [0.25, 0.3) is 5.76 Å². The molecule has 3 aromatic rings. The lowest BCUT2D eigenvalue weighted by Crippen LogP contribution is -2.31. The van der Waals surface area contributed by atoms with E-state index >= 15 is 0 Å². The minimum atomic E-state index is -0.838. The van der Waals surface area contributed by atoms with Gasteiger partial charge in [-0.1, -0.05) is 39.0 Å². The van der Waals surface area contributed by atoms with E-state index in [1.165, 1.54) is 24.2 Å². The fourth-order valence-electron chi connectivity index (χ4n) is 5.38. The second-order valence-corrected chi connectivity index (χ2v) is 11.3. The average Bonchev–Trinajstić information content (AvgIpc) is 3.19. The molecule has 0 aliphatic carbocycles. The quantitative estimate of drug-likeness (QED) is 0.254. The topological polar surface area (TPSA) is 73.7 Å². The minimum Gasteiger partial charge on any atom is -0.507 e. The Kier molecular flexibility index (Phi) is 6.82. The number of aromatic nitrogens is 1. The summed E-state index contributed by atoms with van der Waals surface area (Å²) >= 11 is 0. The van der Waals surface area contributed by atoms with Crippen molar-refractivity contribution in [2.24, 2.45) is 0 Å². The third-order valence-electron chi connectivity index (χ3n) is 7.62. The molecule has 6 nitrogen and oxygen atoms in total. The average molecular weight is 510 g/mol. The predicted molar refractivity (Wildman–Crippen MR) is 151 cm³/mol. The van der Waals surface area contributed by atoms with Crippen LogP contribution in [-0.4, -0.2) is 34.9 Å². The molecular formula is C32H35N3O3. The van der Waals surface area contributed by atoms with Crippen LogP contribution >= 0.6 is 0 Å². The Balaban J connectivity index is 1.63. The molecule has 196 valence electrons. The highest BCUT2D eigenvalue weighted by atomic mass is 16.3. The summed E-state index contributed by atoms with van der Waals surface area (Å²) in [6.07, 6.45) is 5.24. The summed E-state index contributed by atoms with van der Waals surface area (Å²) in [6, 6.07) is 18.2. The van der Waals surface area contributed by atoms with Crippen molar-refractivity contribution in [1.82, 2.24) is 4.98 Å². The molecule has 1 unspecified atom stereocenters. The summed E-state index contributed by atoms with van der Waals surface area (Å²) < 4.78 is 0. The van der Waals surface area contributed by atoms with Crippen molar-refractivity contribution in [3.8, 4) is 0 Å². The highest BCUT2D eigenvalue weighted by Crippen LogP contribution is 2.42. The van der Waals surface area contributed by atoms with E-state index in [-0.39, 0.29) is 16.7 Å². The van der Waals surface area contributed by atoms with Crippen molar-refractivity contribution in [3.05, 3.63) is 94.8 Å². The highest BCUT2D eigenvalue weighted by molar-refractivity contribution is 6.51. The smallest absolute Gasteiger partial charge is 0.300 e. The molecule has 2 aliphatic heterocycles. The van der Waals surface area contributed by atoms with Crippen LogP contribution in [0.3, 0.4) is 0 Å². The fraction of sp³-hybridized carbons (Fsp3) is 0.344. The van der Waals surface area contributed by atoms with Crippen molar-refractivity contribution < 1.29 is 14.7 Å². The van der Waals surface area contributed by atoms with E-state index < -0.39 is 17.7 Å². The van der Waals surface area contributed by atoms with Crippen LogP contribution in [0.5, 0.6) is 0 Å². The number of aliphatic hydroxyl groups is 1. The molecule has 0 bridgehead atoms. The summed E-state index contributed by atoms with van der Waals surface area (Å²) in [6.45, 7) is 10.2. The fourth-order valence-corrected chi connectivity index (χ4v) is 5.38. The molecule has 1 atom stereocenters. The standard InChI is InChI=1S/C32H35N3O3/c1-21-11-12-22(32(2,3)4)20-25(21)29(36)27-28(26-10-6-7-17-33-26)35(31(38)30(27)37)24-15-13-23(14-16-24)34-18-8-5-9-19-34/h6-7,10-17,20,28,36H,5,8-9,18-19H2,1-4H3/b29-27+. The van der Waals surface area contributed by atoms with Gasteiger partial charge in [0, 0.05) is 36.2 Å². The zero-order valence-corrected chi connectivity index (χ0v) is 22.6. The first kappa shape index (κ1) is 25.7. The Morgan fingerprint density at radius 1 is 0.921 bits per heavy atom. The summed E-state index contributed by atoms with van der Waals surface area (Å²) in [5.74, 6) is -1.55. The molecule has 2 saturated heterocycles. The van der Waals surface area contributed by atoms with Crippen LogP contribution in [0.1, 0.15) is 68.5 Å². The number of amides is 1. The van der Waals surface area contributed by atoms with Gasteiger partial charge >= 0.3 is 0 Å². The summed E-state index contributed by atoms with van der Waals surface area (Å²) in [5.41, 5.74) is 4.55. The van der Waals surface area contributed by atoms with Gasteiger partial charge in [-0.05, 0) is 85.2 Å². The maximum absolute atomic E-state index is 13.5. The first-order valence-electron chi connectivity index (χ1n) is 13.4. The number of hydrogen-bond acceptors (Lipinski definition) is 5. The Morgan fingerprint density at radius 3 is 2.24 bits per heavy atom. The molecule has 1 N–H and O–H groups in total. The molecule has 2 aromatic carbocycles. The van der Waals surface area contributed by atoms with Crippen LogP contribution in [-0.2, 0) is 15.0 Å². The normalized spacial score (nSPS) is 19.7. The Labute approximate surface area is 224 Å². The maximum atomic E-state index is 13.5. The molecule has 1 amide bonds. The molecule has 0 radical (unpaired) electrons. The Hall–Kier alpha value is -3.93. The van der Waals surface area contributed by atoms with E-state index in [9.17, 15) is 14.7 Å². The number of aliphatic hydroxyl groups excluding tert-OH is 1. The van der Waals surface area contributed by atoms with Crippen LogP contribution < -0.4 is 9.80 Å². The van der Waals surface area contributed by atoms with Crippen molar-refractivity contribution in [2.75, 3.05) is 22.9 Å². The van der Waals surface area contributed by atoms with Gasteiger partial charge in [-0.25, -0.2) is 0 Å². The first-order chi connectivity index (χ1) is 18.2. The maximum Gasteiger partial charge on any atom is 0.300 e. The van der Waals surface area contributed by atoms with Crippen molar-refractivity contribution >= 4 is 28.8 Å². The first-order valence-corrected chi connectivity index (χ1v) is 13.4. The van der Waals surface area contributed by atoms with Crippen LogP contribution in [0.15, 0.2) is 72.4 Å². The van der Waals surface area contributed by atoms with Gasteiger partial charge in [-0.15, -0.1) is 0 Å². The number of ketones is 1. The number of hydrogen-bond donors (Lipinski definition) is 1. The number of rotatable bonds is 4. The van der Waals surface area contributed by atoms with Gasteiger partial charge in [0.25, 0.3) is 11.7 Å². The van der Waals surface area contributed by atoms with Crippen LogP contribution in [0.2, 0.25) is 0 Å². The molecule has 2 aliphatic rings. The summed E-state index contributed by atoms with van der Waals surface area (Å²) in [4.78, 5) is 35.4. The van der Waals surface area contributed by atoms with E-state index in [4.69, 9.17) is 0 Å². The highest BCUT2D eigenvalue weighted by Gasteiger charge is 2.47. The Morgan fingerprint density at radius 2 is 1.61 bits per heavy atom. The van der Waals surface area contributed by atoms with Gasteiger partial charge in [-0.2, -0.15) is 0 Å². The number of nitrogens with zero attached hydrogens (tertiary/aromatic N) is 3. The second kappa shape index (κ2) is 10.1. The van der Waals surface area contributed by atoms with Gasteiger partial charge in [0.2, 0.25) is 0 Å². The predicted octanol–water partition coefficient (Wildman–Crippen LogP) is 6.30.